The first-order chi connectivity index (χ1) is 16.3. The molecule has 4 rings (SSSR count). The van der Waals surface area contributed by atoms with E-state index in [1.54, 1.807) is 25.3 Å². The quantitative estimate of drug-likeness (QED) is 0.378. The van der Waals surface area contributed by atoms with E-state index in [0.29, 0.717) is 11.4 Å². The van der Waals surface area contributed by atoms with Gasteiger partial charge in [-0.3, -0.25) is 9.59 Å². The molecule has 0 saturated heterocycles. The lowest BCUT2D eigenvalue weighted by Crippen LogP contribution is -2.29. The predicted octanol–water partition coefficient (Wildman–Crippen LogP) is 5.50. The SMILES string of the molecule is COc1ccc(Nc2cc(-n3nc(C(F)(F)F)c4c3CC(C)(C)CC4=O)ccc2C(N)=O)cc1I. The summed E-state index contributed by atoms with van der Waals surface area (Å²) in [6.07, 6.45) is -4.56. The first-order valence-electron chi connectivity index (χ1n) is 10.6. The fourth-order valence-corrected chi connectivity index (χ4v) is 4.98. The third-order valence-electron chi connectivity index (χ3n) is 5.76. The molecule has 0 saturated carbocycles. The van der Waals surface area contributed by atoms with Crippen molar-refractivity contribution in [3.05, 3.63) is 62.5 Å². The predicted molar refractivity (Wildman–Crippen MR) is 133 cm³/mol. The van der Waals surface area contributed by atoms with Gasteiger partial charge in [0, 0.05) is 12.1 Å². The van der Waals surface area contributed by atoms with E-state index in [0.717, 1.165) is 8.25 Å². The zero-order chi connectivity index (χ0) is 25.7. The first-order valence-corrected chi connectivity index (χ1v) is 11.7. The molecule has 2 aromatic carbocycles. The van der Waals surface area contributed by atoms with Crippen molar-refractivity contribution in [3.63, 3.8) is 0 Å². The second-order valence-corrected chi connectivity index (χ2v) is 10.3. The lowest BCUT2D eigenvalue weighted by Gasteiger charge is -2.29. The van der Waals surface area contributed by atoms with E-state index in [1.165, 1.54) is 18.2 Å². The van der Waals surface area contributed by atoms with Crippen molar-refractivity contribution in [1.82, 2.24) is 9.78 Å². The van der Waals surface area contributed by atoms with Crippen LogP contribution in [-0.2, 0) is 12.6 Å². The van der Waals surface area contributed by atoms with Gasteiger partial charge in [0.05, 0.1) is 38.9 Å². The van der Waals surface area contributed by atoms with Gasteiger partial charge < -0.3 is 15.8 Å². The minimum absolute atomic E-state index is 0.00169. The number of methoxy groups -OCH3 is 1. The highest BCUT2D eigenvalue weighted by Crippen LogP contribution is 2.42. The summed E-state index contributed by atoms with van der Waals surface area (Å²) >= 11 is 2.10. The number of nitrogens with two attached hydrogens (primary N) is 1. The number of anilines is 2. The Labute approximate surface area is 213 Å². The van der Waals surface area contributed by atoms with Crippen LogP contribution >= 0.6 is 22.6 Å². The number of alkyl halides is 3. The fraction of sp³-hybridized carbons (Fsp3) is 0.292. The van der Waals surface area contributed by atoms with E-state index in [4.69, 9.17) is 10.5 Å². The molecule has 0 spiro atoms. The molecule has 0 fully saturated rings. The van der Waals surface area contributed by atoms with Crippen LogP contribution in [0.3, 0.4) is 0 Å². The number of carbonyl (C=O) groups is 2. The Balaban J connectivity index is 1.86. The topological polar surface area (TPSA) is 99.2 Å². The van der Waals surface area contributed by atoms with Crippen LogP contribution in [0.25, 0.3) is 5.69 Å². The zero-order valence-corrected chi connectivity index (χ0v) is 21.2. The van der Waals surface area contributed by atoms with Crippen molar-refractivity contribution in [2.24, 2.45) is 11.1 Å². The molecule has 1 aliphatic carbocycles. The number of halogens is 4. The van der Waals surface area contributed by atoms with Crippen LogP contribution in [0.5, 0.6) is 5.75 Å². The lowest BCUT2D eigenvalue weighted by atomic mass is 9.75. The average Bonchev–Trinajstić information content (AvgIpc) is 3.12. The Morgan fingerprint density at radius 1 is 1.20 bits per heavy atom. The summed E-state index contributed by atoms with van der Waals surface area (Å²) in [5.74, 6) is -0.637. The maximum Gasteiger partial charge on any atom is 0.435 e. The number of hydrogen-bond donors (Lipinski definition) is 2. The minimum atomic E-state index is -4.79. The number of ether oxygens (including phenoxy) is 1. The third-order valence-corrected chi connectivity index (χ3v) is 6.60. The number of Topliss-reactive ketones (excluding diaryl/α,β-unsaturated/α-hetero) is 1. The van der Waals surface area contributed by atoms with E-state index in [1.807, 2.05) is 13.8 Å². The smallest absolute Gasteiger partial charge is 0.435 e. The number of nitrogens with one attached hydrogen (secondary N) is 1. The molecule has 11 heteroatoms. The molecule has 1 aliphatic rings. The Morgan fingerprint density at radius 3 is 2.51 bits per heavy atom. The maximum absolute atomic E-state index is 13.8. The van der Waals surface area contributed by atoms with Crippen LogP contribution in [-0.4, -0.2) is 28.6 Å². The average molecular weight is 598 g/mol. The Hall–Kier alpha value is -3.09. The molecule has 0 unspecified atom stereocenters. The highest BCUT2D eigenvalue weighted by molar-refractivity contribution is 14.1. The van der Waals surface area contributed by atoms with Crippen LogP contribution in [0, 0.1) is 8.99 Å². The van der Waals surface area contributed by atoms with Gasteiger partial charge in [-0.15, -0.1) is 0 Å². The lowest BCUT2D eigenvalue weighted by molar-refractivity contribution is -0.141. The van der Waals surface area contributed by atoms with Crippen molar-refractivity contribution in [2.75, 3.05) is 12.4 Å². The van der Waals surface area contributed by atoms with Gasteiger partial charge in [-0.1, -0.05) is 13.8 Å². The minimum Gasteiger partial charge on any atom is -0.496 e. The molecule has 1 amide bonds. The summed E-state index contributed by atoms with van der Waals surface area (Å²) in [6, 6.07) is 9.64. The molecule has 35 heavy (non-hydrogen) atoms. The number of nitrogens with zero attached hydrogens (tertiary/aromatic N) is 2. The van der Waals surface area contributed by atoms with Gasteiger partial charge in [-0.25, -0.2) is 4.68 Å². The third kappa shape index (κ3) is 4.86. The van der Waals surface area contributed by atoms with E-state index in [2.05, 4.69) is 33.0 Å². The van der Waals surface area contributed by atoms with Gasteiger partial charge in [-0.05, 0) is 70.8 Å². The molecule has 1 heterocycles. The van der Waals surface area contributed by atoms with Gasteiger partial charge in [-0.2, -0.15) is 18.3 Å². The zero-order valence-electron chi connectivity index (χ0n) is 19.1. The Morgan fingerprint density at radius 2 is 1.91 bits per heavy atom. The van der Waals surface area contributed by atoms with Gasteiger partial charge in [0.15, 0.2) is 11.5 Å². The fourth-order valence-electron chi connectivity index (χ4n) is 4.24. The molecular formula is C24H22F3IN4O3. The molecule has 3 aromatic rings. The van der Waals surface area contributed by atoms with E-state index in [-0.39, 0.29) is 35.5 Å². The summed E-state index contributed by atoms with van der Waals surface area (Å²) < 4.78 is 48.6. The number of hydrogen-bond acceptors (Lipinski definition) is 5. The van der Waals surface area contributed by atoms with Crippen LogP contribution in [0.4, 0.5) is 24.5 Å². The van der Waals surface area contributed by atoms with Crippen molar-refractivity contribution < 1.29 is 27.5 Å². The summed E-state index contributed by atoms with van der Waals surface area (Å²) in [5.41, 5.74) is 4.92. The van der Waals surface area contributed by atoms with Gasteiger partial charge >= 0.3 is 6.18 Å². The van der Waals surface area contributed by atoms with Gasteiger partial charge in [0.2, 0.25) is 0 Å². The van der Waals surface area contributed by atoms with E-state index in [9.17, 15) is 22.8 Å². The number of carbonyl (C=O) groups excluding carboxylic acids is 2. The summed E-state index contributed by atoms with van der Waals surface area (Å²) in [4.78, 5) is 24.8. The van der Waals surface area contributed by atoms with Gasteiger partial charge in [0.25, 0.3) is 5.91 Å². The standard InChI is InChI=1S/C24H22F3IN4O3/c1-23(2)10-17-20(18(33)11-23)21(24(25,26)27)31-32(17)13-5-6-14(22(29)34)16(9-13)30-12-4-7-19(35-3)15(28)8-12/h4-9,30H,10-11H2,1-3H3,(H2,29,34). The van der Waals surface area contributed by atoms with Crippen LogP contribution in [0.15, 0.2) is 36.4 Å². The number of primary amides is 1. The maximum atomic E-state index is 13.8. The number of benzene rings is 2. The van der Waals surface area contributed by atoms with Crippen molar-refractivity contribution >= 4 is 45.7 Å². The van der Waals surface area contributed by atoms with E-state index >= 15 is 0 Å². The normalized spacial score (nSPS) is 15.0. The Bertz CT molecular complexity index is 1350. The molecule has 0 bridgehead atoms. The van der Waals surface area contributed by atoms with Crippen LogP contribution in [0.2, 0.25) is 0 Å². The van der Waals surface area contributed by atoms with Crippen LogP contribution < -0.4 is 15.8 Å². The number of fused-ring (bicyclic) bond motifs is 1. The number of amides is 1. The summed E-state index contributed by atoms with van der Waals surface area (Å²) in [5, 5.41) is 6.92. The van der Waals surface area contributed by atoms with Crippen molar-refractivity contribution in [3.8, 4) is 11.4 Å². The number of rotatable bonds is 5. The molecule has 0 atom stereocenters. The first kappa shape index (κ1) is 25.0. The summed E-state index contributed by atoms with van der Waals surface area (Å²) in [7, 11) is 1.55. The van der Waals surface area contributed by atoms with Crippen molar-refractivity contribution in [1.29, 1.82) is 0 Å². The summed E-state index contributed by atoms with van der Waals surface area (Å²) in [6.45, 7) is 3.65. The number of aromatic nitrogens is 2. The molecule has 0 radical (unpaired) electrons. The highest BCUT2D eigenvalue weighted by Gasteiger charge is 2.45. The Kier molecular flexibility index (Phi) is 6.32. The molecule has 3 N–H and O–H groups in total. The molecule has 184 valence electrons. The molecular weight excluding hydrogens is 576 g/mol. The van der Waals surface area contributed by atoms with Crippen molar-refractivity contribution in [2.45, 2.75) is 32.9 Å². The molecule has 1 aromatic heterocycles. The second kappa shape index (κ2) is 8.85. The second-order valence-electron chi connectivity index (χ2n) is 9.09. The van der Waals surface area contributed by atoms with Crippen LogP contribution in [0.1, 0.15) is 52.4 Å². The van der Waals surface area contributed by atoms with Gasteiger partial charge in [0.1, 0.15) is 5.75 Å². The highest BCUT2D eigenvalue weighted by atomic mass is 127. The molecule has 0 aliphatic heterocycles. The molecule has 7 nitrogen and oxygen atoms in total. The van der Waals surface area contributed by atoms with E-state index < -0.39 is 34.5 Å². The monoisotopic (exact) mass is 598 g/mol. The number of ketones is 1. The largest absolute Gasteiger partial charge is 0.496 e.